The third-order valence-corrected chi connectivity index (χ3v) is 4.00. The number of benzene rings is 1. The fraction of sp³-hybridized carbons (Fsp3) is 0.111. The van der Waals surface area contributed by atoms with E-state index in [4.69, 9.17) is 4.74 Å². The van der Waals surface area contributed by atoms with Crippen LogP contribution in [-0.2, 0) is 11.3 Å². The Morgan fingerprint density at radius 1 is 1.20 bits per heavy atom. The van der Waals surface area contributed by atoms with Gasteiger partial charge in [0.1, 0.15) is 5.56 Å². The number of methoxy groups -OCH3 is 1. The molecule has 0 aliphatic carbocycles. The SMILES string of the molecule is COC(=O)c1cccn2cc(Cn3cnc4ccccc4c3=O)nc12. The average molecular weight is 334 g/mol. The van der Waals surface area contributed by atoms with E-state index in [0.717, 1.165) is 0 Å². The van der Waals surface area contributed by atoms with Crippen molar-refractivity contribution in [2.75, 3.05) is 7.11 Å². The molecule has 0 spiro atoms. The van der Waals surface area contributed by atoms with E-state index in [2.05, 4.69) is 9.97 Å². The molecule has 0 aliphatic heterocycles. The molecular formula is C18H14N4O3. The normalized spacial score (nSPS) is 11.1. The highest BCUT2D eigenvalue weighted by atomic mass is 16.5. The molecule has 0 fully saturated rings. The van der Waals surface area contributed by atoms with Gasteiger partial charge < -0.3 is 9.14 Å². The molecule has 0 bridgehead atoms. The van der Waals surface area contributed by atoms with Gasteiger partial charge in [-0.2, -0.15) is 0 Å². The Kier molecular flexibility index (Phi) is 3.53. The summed E-state index contributed by atoms with van der Waals surface area (Å²) in [6.45, 7) is 0.263. The number of ether oxygens (including phenoxy) is 1. The Balaban J connectivity index is 1.78. The Labute approximate surface area is 142 Å². The first-order chi connectivity index (χ1) is 12.2. The summed E-state index contributed by atoms with van der Waals surface area (Å²) >= 11 is 0. The van der Waals surface area contributed by atoms with Gasteiger partial charge in [-0.25, -0.2) is 14.8 Å². The molecule has 25 heavy (non-hydrogen) atoms. The minimum absolute atomic E-state index is 0.129. The van der Waals surface area contributed by atoms with Gasteiger partial charge in [-0.1, -0.05) is 12.1 Å². The molecule has 7 heteroatoms. The van der Waals surface area contributed by atoms with E-state index in [1.165, 1.54) is 18.0 Å². The van der Waals surface area contributed by atoms with Crippen LogP contribution in [0.1, 0.15) is 16.1 Å². The van der Waals surface area contributed by atoms with Crippen LogP contribution >= 0.6 is 0 Å². The lowest BCUT2D eigenvalue weighted by Gasteiger charge is -2.04. The topological polar surface area (TPSA) is 78.5 Å². The largest absolute Gasteiger partial charge is 0.465 e. The van der Waals surface area contributed by atoms with Gasteiger partial charge in [0.25, 0.3) is 5.56 Å². The first-order valence-corrected chi connectivity index (χ1v) is 7.66. The third kappa shape index (κ3) is 2.55. The minimum Gasteiger partial charge on any atom is -0.465 e. The highest BCUT2D eigenvalue weighted by Crippen LogP contribution is 2.13. The first-order valence-electron chi connectivity index (χ1n) is 7.66. The Morgan fingerprint density at radius 2 is 2.04 bits per heavy atom. The molecule has 0 amide bonds. The molecule has 3 aromatic heterocycles. The summed E-state index contributed by atoms with van der Waals surface area (Å²) in [5, 5.41) is 0.559. The molecule has 0 saturated carbocycles. The third-order valence-electron chi connectivity index (χ3n) is 4.00. The van der Waals surface area contributed by atoms with Crippen molar-refractivity contribution in [3.05, 3.63) is 76.7 Å². The van der Waals surface area contributed by atoms with Crippen molar-refractivity contribution < 1.29 is 9.53 Å². The number of esters is 1. The number of carbonyl (C=O) groups excluding carboxylic acids is 1. The Hall–Kier alpha value is -3.48. The second kappa shape index (κ2) is 5.86. The molecule has 1 aromatic carbocycles. The zero-order valence-electron chi connectivity index (χ0n) is 13.4. The van der Waals surface area contributed by atoms with Gasteiger partial charge in [-0.3, -0.25) is 9.36 Å². The number of hydrogen-bond donors (Lipinski definition) is 0. The first kappa shape index (κ1) is 15.1. The Bertz CT molecular complexity index is 1160. The van der Waals surface area contributed by atoms with E-state index in [9.17, 15) is 9.59 Å². The number of pyridine rings is 1. The maximum Gasteiger partial charge on any atom is 0.341 e. The molecule has 0 aliphatic rings. The summed E-state index contributed by atoms with van der Waals surface area (Å²) in [6.07, 6.45) is 5.08. The quantitative estimate of drug-likeness (QED) is 0.535. The molecule has 4 rings (SSSR count). The summed E-state index contributed by atoms with van der Waals surface area (Å²) in [6, 6.07) is 10.6. The molecule has 0 N–H and O–H groups in total. The molecule has 0 atom stereocenters. The van der Waals surface area contributed by atoms with E-state index < -0.39 is 5.97 Å². The van der Waals surface area contributed by atoms with E-state index in [-0.39, 0.29) is 12.1 Å². The lowest BCUT2D eigenvalue weighted by molar-refractivity contribution is 0.0602. The number of imidazole rings is 1. The highest BCUT2D eigenvalue weighted by Gasteiger charge is 2.14. The van der Waals surface area contributed by atoms with Crippen molar-refractivity contribution in [1.29, 1.82) is 0 Å². The standard InChI is InChI=1S/C18H14N4O3/c1-25-18(24)14-6-4-8-21-9-12(20-16(14)21)10-22-11-19-15-7-3-2-5-13(15)17(22)23/h2-9,11H,10H2,1H3. The van der Waals surface area contributed by atoms with Crippen LogP contribution in [0.2, 0.25) is 0 Å². The van der Waals surface area contributed by atoms with Crippen molar-refractivity contribution in [3.8, 4) is 0 Å². The zero-order valence-corrected chi connectivity index (χ0v) is 13.4. The fourth-order valence-corrected chi connectivity index (χ4v) is 2.80. The van der Waals surface area contributed by atoms with Gasteiger partial charge in [-0.15, -0.1) is 0 Å². The number of carbonyl (C=O) groups is 1. The molecular weight excluding hydrogens is 320 g/mol. The van der Waals surface area contributed by atoms with Gasteiger partial charge >= 0.3 is 5.97 Å². The lowest BCUT2D eigenvalue weighted by atomic mass is 10.2. The molecule has 0 radical (unpaired) electrons. The summed E-state index contributed by atoms with van der Waals surface area (Å²) < 4.78 is 8.02. The van der Waals surface area contributed by atoms with Crippen molar-refractivity contribution in [2.45, 2.75) is 6.54 Å². The van der Waals surface area contributed by atoms with Crippen molar-refractivity contribution >= 4 is 22.5 Å². The van der Waals surface area contributed by atoms with E-state index in [1.54, 1.807) is 41.1 Å². The lowest BCUT2D eigenvalue weighted by Crippen LogP contribution is -2.21. The van der Waals surface area contributed by atoms with E-state index in [1.807, 2.05) is 12.1 Å². The molecule has 7 nitrogen and oxygen atoms in total. The highest BCUT2D eigenvalue weighted by molar-refractivity contribution is 5.95. The van der Waals surface area contributed by atoms with Gasteiger partial charge in [0.15, 0.2) is 5.65 Å². The number of nitrogens with zero attached hydrogens (tertiary/aromatic N) is 4. The van der Waals surface area contributed by atoms with Gasteiger partial charge in [0.2, 0.25) is 0 Å². The smallest absolute Gasteiger partial charge is 0.341 e. The van der Waals surface area contributed by atoms with Crippen LogP contribution in [0.25, 0.3) is 16.6 Å². The predicted molar refractivity (Wildman–Crippen MR) is 91.6 cm³/mol. The monoisotopic (exact) mass is 334 g/mol. The summed E-state index contributed by atoms with van der Waals surface area (Å²) in [5.41, 5.74) is 2.05. The van der Waals surface area contributed by atoms with Crippen molar-refractivity contribution in [2.24, 2.45) is 0 Å². The number of rotatable bonds is 3. The van der Waals surface area contributed by atoms with Crippen molar-refractivity contribution in [3.63, 3.8) is 0 Å². The van der Waals surface area contributed by atoms with Crippen molar-refractivity contribution in [1.82, 2.24) is 18.9 Å². The second-order valence-electron chi connectivity index (χ2n) is 5.57. The van der Waals surface area contributed by atoms with Crippen LogP contribution < -0.4 is 5.56 Å². The van der Waals surface area contributed by atoms with E-state index >= 15 is 0 Å². The van der Waals surface area contributed by atoms with E-state index in [0.29, 0.717) is 27.8 Å². The van der Waals surface area contributed by atoms with Crippen LogP contribution in [-0.4, -0.2) is 32.0 Å². The predicted octanol–water partition coefficient (Wildman–Crippen LogP) is 1.88. The minimum atomic E-state index is -0.452. The molecule has 4 aromatic rings. The van der Waals surface area contributed by atoms with Gasteiger partial charge in [0.05, 0.1) is 36.6 Å². The number of fused-ring (bicyclic) bond motifs is 2. The second-order valence-corrected chi connectivity index (χ2v) is 5.57. The maximum absolute atomic E-state index is 12.6. The van der Waals surface area contributed by atoms with Gasteiger partial charge in [-0.05, 0) is 24.3 Å². The average Bonchev–Trinajstić information content (AvgIpc) is 3.06. The number of aromatic nitrogens is 4. The molecule has 0 saturated heterocycles. The Morgan fingerprint density at radius 3 is 2.88 bits per heavy atom. The summed E-state index contributed by atoms with van der Waals surface area (Å²) in [5.74, 6) is -0.452. The van der Waals surface area contributed by atoms with Crippen LogP contribution in [0, 0.1) is 0 Å². The number of para-hydroxylation sites is 1. The zero-order chi connectivity index (χ0) is 17.4. The van der Waals surface area contributed by atoms with Crippen LogP contribution in [0.4, 0.5) is 0 Å². The summed E-state index contributed by atoms with van der Waals surface area (Å²) in [4.78, 5) is 33.2. The van der Waals surface area contributed by atoms with Crippen LogP contribution in [0.3, 0.4) is 0 Å². The molecule has 0 unspecified atom stereocenters. The number of hydrogen-bond acceptors (Lipinski definition) is 5. The molecule has 124 valence electrons. The molecule has 3 heterocycles. The van der Waals surface area contributed by atoms with Crippen LogP contribution in [0.5, 0.6) is 0 Å². The summed E-state index contributed by atoms with van der Waals surface area (Å²) in [7, 11) is 1.33. The van der Waals surface area contributed by atoms with Crippen LogP contribution in [0.15, 0.2) is 59.9 Å². The van der Waals surface area contributed by atoms with Gasteiger partial charge in [0, 0.05) is 12.4 Å². The fourth-order valence-electron chi connectivity index (χ4n) is 2.80. The maximum atomic E-state index is 12.6.